The molecule has 1 aliphatic heterocycles. The molecule has 2 aliphatic rings. The van der Waals surface area contributed by atoms with Crippen LogP contribution in [0, 0.1) is 5.92 Å². The molecule has 33 heavy (non-hydrogen) atoms. The number of thiophene rings is 1. The van der Waals surface area contributed by atoms with Crippen molar-refractivity contribution in [3.8, 4) is 5.69 Å². The molecular formula is C23H25N3O4S3. The average molecular weight is 504 g/mol. The normalized spacial score (nSPS) is 21.7. The van der Waals surface area contributed by atoms with Crippen LogP contribution < -0.4 is 10.9 Å². The van der Waals surface area contributed by atoms with Crippen LogP contribution in [0.4, 0.5) is 0 Å². The maximum absolute atomic E-state index is 13.7. The molecule has 1 aromatic carbocycles. The van der Waals surface area contributed by atoms with Crippen LogP contribution in [-0.2, 0) is 27.5 Å². The molecule has 0 spiro atoms. The largest absolute Gasteiger partial charge is 0.352 e. The zero-order valence-corrected chi connectivity index (χ0v) is 20.7. The highest BCUT2D eigenvalue weighted by atomic mass is 32.2. The second-order valence-electron chi connectivity index (χ2n) is 8.86. The fourth-order valence-electron chi connectivity index (χ4n) is 4.58. The lowest BCUT2D eigenvalue weighted by molar-refractivity contribution is -0.119. The van der Waals surface area contributed by atoms with Gasteiger partial charge in [0.1, 0.15) is 4.83 Å². The number of benzene rings is 1. The molecule has 1 saturated heterocycles. The predicted molar refractivity (Wildman–Crippen MR) is 132 cm³/mol. The Morgan fingerprint density at radius 3 is 2.79 bits per heavy atom. The molecule has 1 fully saturated rings. The van der Waals surface area contributed by atoms with Crippen LogP contribution in [0.25, 0.3) is 15.9 Å². The Morgan fingerprint density at radius 1 is 1.27 bits per heavy atom. The number of carbonyl (C=O) groups is 1. The van der Waals surface area contributed by atoms with Crippen molar-refractivity contribution in [3.63, 3.8) is 0 Å². The molecule has 0 saturated carbocycles. The molecule has 1 aliphatic carbocycles. The zero-order chi connectivity index (χ0) is 23.2. The number of carbonyl (C=O) groups excluding carboxylic acids is 1. The predicted octanol–water partition coefficient (Wildman–Crippen LogP) is 2.97. The number of rotatable bonds is 5. The Hall–Kier alpha value is -2.17. The maximum atomic E-state index is 13.7. The van der Waals surface area contributed by atoms with Gasteiger partial charge in [-0.1, -0.05) is 36.9 Å². The summed E-state index contributed by atoms with van der Waals surface area (Å²) in [6.45, 7) is 2.23. The van der Waals surface area contributed by atoms with Crippen LogP contribution in [0.15, 0.2) is 40.3 Å². The molecule has 2 aromatic heterocycles. The number of para-hydroxylation sites is 1. The molecule has 1 N–H and O–H groups in total. The van der Waals surface area contributed by atoms with E-state index < -0.39 is 9.84 Å². The van der Waals surface area contributed by atoms with E-state index in [1.165, 1.54) is 16.6 Å². The van der Waals surface area contributed by atoms with Gasteiger partial charge in [-0.15, -0.1) is 11.3 Å². The summed E-state index contributed by atoms with van der Waals surface area (Å²) in [5.41, 5.74) is 1.75. The molecule has 1 amide bonds. The van der Waals surface area contributed by atoms with Gasteiger partial charge in [0, 0.05) is 10.9 Å². The SMILES string of the molecule is C[C@H]1CCc2c(sc3nc(SCC(=O)N[C@@H]4CCS(=O)(=O)C4)n(-c4ccccc4)c(=O)c23)C1. The molecular weight excluding hydrogens is 478 g/mol. The van der Waals surface area contributed by atoms with E-state index in [9.17, 15) is 18.0 Å². The second-order valence-corrected chi connectivity index (χ2v) is 13.1. The number of aryl methyl sites for hydroxylation is 1. The third kappa shape index (κ3) is 4.61. The first-order valence-corrected chi connectivity index (χ1v) is 14.7. The summed E-state index contributed by atoms with van der Waals surface area (Å²) in [7, 11) is -3.06. The maximum Gasteiger partial charge on any atom is 0.267 e. The van der Waals surface area contributed by atoms with Gasteiger partial charge >= 0.3 is 0 Å². The van der Waals surface area contributed by atoms with Crippen molar-refractivity contribution in [2.75, 3.05) is 17.3 Å². The molecule has 0 bridgehead atoms. The zero-order valence-electron chi connectivity index (χ0n) is 18.2. The number of amides is 1. The minimum absolute atomic E-state index is 0.0124. The van der Waals surface area contributed by atoms with E-state index in [4.69, 9.17) is 4.98 Å². The monoisotopic (exact) mass is 503 g/mol. The Bertz CT molecular complexity index is 1380. The van der Waals surface area contributed by atoms with Crippen LogP contribution in [0.2, 0.25) is 0 Å². The fourth-order valence-corrected chi connectivity index (χ4v) is 8.50. The molecule has 2 atom stereocenters. The topological polar surface area (TPSA) is 98.1 Å². The lowest BCUT2D eigenvalue weighted by Crippen LogP contribution is -2.36. The number of aromatic nitrogens is 2. The van der Waals surface area contributed by atoms with Crippen molar-refractivity contribution < 1.29 is 13.2 Å². The molecule has 10 heteroatoms. The lowest BCUT2D eigenvalue weighted by Gasteiger charge is -2.18. The Balaban J connectivity index is 1.48. The molecule has 0 radical (unpaired) electrons. The Kier molecular flexibility index (Phi) is 6.09. The van der Waals surface area contributed by atoms with Crippen LogP contribution >= 0.6 is 23.1 Å². The minimum atomic E-state index is -3.06. The summed E-state index contributed by atoms with van der Waals surface area (Å²) in [6.07, 6.45) is 3.37. The number of thioether (sulfide) groups is 1. The van der Waals surface area contributed by atoms with Crippen molar-refractivity contribution in [3.05, 3.63) is 51.1 Å². The third-order valence-electron chi connectivity index (χ3n) is 6.24. The van der Waals surface area contributed by atoms with E-state index in [2.05, 4.69) is 12.2 Å². The number of nitrogens with zero attached hydrogens (tertiary/aromatic N) is 2. The van der Waals surface area contributed by atoms with Gasteiger partial charge in [-0.05, 0) is 49.3 Å². The highest BCUT2D eigenvalue weighted by Gasteiger charge is 2.29. The highest BCUT2D eigenvalue weighted by molar-refractivity contribution is 7.99. The quantitative estimate of drug-likeness (QED) is 0.425. The van der Waals surface area contributed by atoms with Gasteiger partial charge in [0.15, 0.2) is 15.0 Å². The third-order valence-corrected chi connectivity index (χ3v) is 10.1. The average Bonchev–Trinajstić information content (AvgIpc) is 3.31. The molecule has 0 unspecified atom stereocenters. The summed E-state index contributed by atoms with van der Waals surface area (Å²) >= 11 is 2.80. The Morgan fingerprint density at radius 2 is 2.06 bits per heavy atom. The van der Waals surface area contributed by atoms with Crippen molar-refractivity contribution in [1.82, 2.24) is 14.9 Å². The summed E-state index contributed by atoms with van der Waals surface area (Å²) in [4.78, 5) is 33.1. The van der Waals surface area contributed by atoms with Gasteiger partial charge in [0.2, 0.25) is 5.91 Å². The first-order chi connectivity index (χ1) is 15.8. The summed E-state index contributed by atoms with van der Waals surface area (Å²) in [5, 5.41) is 3.99. The number of nitrogens with one attached hydrogen (secondary N) is 1. The second kappa shape index (κ2) is 8.88. The van der Waals surface area contributed by atoms with Crippen LogP contribution in [0.1, 0.15) is 30.2 Å². The van der Waals surface area contributed by atoms with E-state index in [-0.39, 0.29) is 34.8 Å². The molecule has 174 valence electrons. The highest BCUT2D eigenvalue weighted by Crippen LogP contribution is 2.37. The number of hydrogen-bond acceptors (Lipinski definition) is 7. The van der Waals surface area contributed by atoms with E-state index in [0.29, 0.717) is 28.6 Å². The molecule has 3 aromatic rings. The standard InChI is InChI=1S/C23H25N3O4S3/c1-14-7-8-17-18(11-14)32-21-20(17)22(28)26(16-5-3-2-4-6-16)23(25-21)31-12-19(27)24-15-9-10-33(29,30)13-15/h2-6,14-15H,7-13H2,1H3,(H,24,27)/t14-,15+/m0/s1. The number of sulfone groups is 1. The lowest BCUT2D eigenvalue weighted by atomic mass is 9.89. The van der Waals surface area contributed by atoms with Crippen LogP contribution in [-0.4, -0.2) is 47.2 Å². The fraction of sp³-hybridized carbons (Fsp3) is 0.435. The van der Waals surface area contributed by atoms with Crippen molar-refractivity contribution in [1.29, 1.82) is 0 Å². The summed E-state index contributed by atoms with van der Waals surface area (Å²) in [6, 6.07) is 9.02. The van der Waals surface area contributed by atoms with Gasteiger partial charge in [-0.2, -0.15) is 0 Å². The minimum Gasteiger partial charge on any atom is -0.352 e. The smallest absolute Gasteiger partial charge is 0.267 e. The van der Waals surface area contributed by atoms with Crippen LogP contribution in [0.5, 0.6) is 0 Å². The Labute approximate surface area is 200 Å². The van der Waals surface area contributed by atoms with Crippen molar-refractivity contribution in [2.24, 2.45) is 5.92 Å². The molecule has 3 heterocycles. The molecule has 7 nitrogen and oxygen atoms in total. The van der Waals surface area contributed by atoms with Crippen LogP contribution in [0.3, 0.4) is 0 Å². The van der Waals surface area contributed by atoms with Crippen molar-refractivity contribution in [2.45, 2.75) is 43.8 Å². The van der Waals surface area contributed by atoms with Gasteiger partial charge in [0.25, 0.3) is 5.56 Å². The van der Waals surface area contributed by atoms with Gasteiger partial charge < -0.3 is 5.32 Å². The number of fused-ring (bicyclic) bond motifs is 3. The van der Waals surface area contributed by atoms with Gasteiger partial charge in [-0.25, -0.2) is 13.4 Å². The van der Waals surface area contributed by atoms with E-state index in [1.54, 1.807) is 15.9 Å². The van der Waals surface area contributed by atoms with E-state index in [1.807, 2.05) is 30.3 Å². The first-order valence-electron chi connectivity index (χ1n) is 11.1. The number of hydrogen-bond donors (Lipinski definition) is 1. The van der Waals surface area contributed by atoms with Gasteiger partial charge in [-0.3, -0.25) is 14.2 Å². The van der Waals surface area contributed by atoms with E-state index >= 15 is 0 Å². The van der Waals surface area contributed by atoms with E-state index in [0.717, 1.165) is 29.7 Å². The summed E-state index contributed by atoms with van der Waals surface area (Å²) < 4.78 is 24.9. The van der Waals surface area contributed by atoms with Gasteiger partial charge in [0.05, 0.1) is 28.3 Å². The molecule has 5 rings (SSSR count). The van der Waals surface area contributed by atoms with Crippen molar-refractivity contribution >= 4 is 49.1 Å². The summed E-state index contributed by atoms with van der Waals surface area (Å²) in [5.74, 6) is 0.498. The first kappa shape index (κ1) is 22.6.